The number of hydrogen-bond acceptors (Lipinski definition) is 5. The molecule has 7 nitrogen and oxygen atoms in total. The summed E-state index contributed by atoms with van der Waals surface area (Å²) in [5.41, 5.74) is 0.576. The Kier molecular flexibility index (Phi) is 7.55. The number of aryl methyl sites for hydroxylation is 1. The number of ether oxygens (including phenoxy) is 1. The zero-order valence-corrected chi connectivity index (χ0v) is 18.1. The maximum absolute atomic E-state index is 13.8. The average molecular weight is 437 g/mol. The first-order valence-electron chi connectivity index (χ1n) is 9.35. The molecule has 1 N–H and O–H groups in total. The summed E-state index contributed by atoms with van der Waals surface area (Å²) in [4.78, 5) is 26.0. The largest absolute Gasteiger partial charge is 0.469 e. The molecule has 0 aliphatic heterocycles. The lowest BCUT2D eigenvalue weighted by Gasteiger charge is -2.24. The number of halogens is 1. The highest BCUT2D eigenvalue weighted by Crippen LogP contribution is 2.22. The first-order valence-corrected chi connectivity index (χ1v) is 10.8. The summed E-state index contributed by atoms with van der Waals surface area (Å²) in [6.07, 6.45) is 0. The SMILES string of the molecule is CCN(CC(C)C(=O)OC)C(=O)c1cc(S(=O)(=O)Nc2ccccc2F)ccc1C. The summed E-state index contributed by atoms with van der Waals surface area (Å²) >= 11 is 0. The Hall–Kier alpha value is -2.94. The molecule has 0 bridgehead atoms. The van der Waals surface area contributed by atoms with Crippen LogP contribution in [0.1, 0.15) is 29.8 Å². The Morgan fingerprint density at radius 3 is 2.47 bits per heavy atom. The summed E-state index contributed by atoms with van der Waals surface area (Å²) in [7, 11) is -2.84. The molecule has 2 aromatic carbocycles. The van der Waals surface area contributed by atoms with Gasteiger partial charge < -0.3 is 9.64 Å². The van der Waals surface area contributed by atoms with E-state index in [1.807, 2.05) is 0 Å². The Morgan fingerprint density at radius 2 is 1.87 bits per heavy atom. The molecule has 162 valence electrons. The number of nitrogens with one attached hydrogen (secondary N) is 1. The Morgan fingerprint density at radius 1 is 1.20 bits per heavy atom. The first-order chi connectivity index (χ1) is 14.1. The van der Waals surface area contributed by atoms with E-state index in [1.54, 1.807) is 20.8 Å². The third kappa shape index (κ3) is 5.35. The second-order valence-electron chi connectivity index (χ2n) is 6.83. The maximum Gasteiger partial charge on any atom is 0.310 e. The van der Waals surface area contributed by atoms with Gasteiger partial charge in [-0.05, 0) is 43.7 Å². The van der Waals surface area contributed by atoms with Crippen molar-refractivity contribution in [3.8, 4) is 0 Å². The quantitative estimate of drug-likeness (QED) is 0.642. The predicted molar refractivity (Wildman–Crippen MR) is 111 cm³/mol. The fourth-order valence-electron chi connectivity index (χ4n) is 2.88. The number of hydrogen-bond donors (Lipinski definition) is 1. The number of carbonyl (C=O) groups is 2. The lowest BCUT2D eigenvalue weighted by molar-refractivity contribution is -0.145. The highest BCUT2D eigenvalue weighted by molar-refractivity contribution is 7.92. The maximum atomic E-state index is 13.8. The number of benzene rings is 2. The van der Waals surface area contributed by atoms with Gasteiger partial charge in [0.25, 0.3) is 15.9 Å². The number of sulfonamides is 1. The minimum absolute atomic E-state index is 0.131. The van der Waals surface area contributed by atoms with Gasteiger partial charge in [0.1, 0.15) is 5.82 Å². The van der Waals surface area contributed by atoms with E-state index < -0.39 is 33.6 Å². The van der Waals surface area contributed by atoms with E-state index in [0.717, 1.165) is 6.07 Å². The van der Waals surface area contributed by atoms with Crippen LogP contribution in [-0.2, 0) is 19.6 Å². The first kappa shape index (κ1) is 23.3. The highest BCUT2D eigenvalue weighted by Gasteiger charge is 2.24. The lowest BCUT2D eigenvalue weighted by Crippen LogP contribution is -2.37. The fourth-order valence-corrected chi connectivity index (χ4v) is 3.97. The number of nitrogens with zero attached hydrogens (tertiary/aromatic N) is 1. The van der Waals surface area contributed by atoms with Gasteiger partial charge in [-0.15, -0.1) is 0 Å². The molecule has 0 spiro atoms. The molecule has 1 atom stereocenters. The van der Waals surface area contributed by atoms with E-state index in [4.69, 9.17) is 4.74 Å². The Balaban J connectivity index is 2.34. The third-order valence-electron chi connectivity index (χ3n) is 4.63. The summed E-state index contributed by atoms with van der Waals surface area (Å²) in [6, 6.07) is 9.52. The number of rotatable bonds is 8. The van der Waals surface area contributed by atoms with Gasteiger partial charge in [-0.25, -0.2) is 12.8 Å². The molecule has 0 aromatic heterocycles. The number of anilines is 1. The number of methoxy groups -OCH3 is 1. The predicted octanol–water partition coefficient (Wildman–Crippen LogP) is 3.21. The molecule has 2 aromatic rings. The van der Waals surface area contributed by atoms with Crippen molar-refractivity contribution in [2.75, 3.05) is 24.9 Å². The van der Waals surface area contributed by atoms with Crippen LogP contribution in [0.25, 0.3) is 0 Å². The van der Waals surface area contributed by atoms with Gasteiger partial charge >= 0.3 is 5.97 Å². The van der Waals surface area contributed by atoms with Crippen molar-refractivity contribution < 1.29 is 27.1 Å². The molecule has 0 saturated heterocycles. The van der Waals surface area contributed by atoms with Gasteiger partial charge in [-0.1, -0.05) is 25.1 Å². The molecular weight excluding hydrogens is 411 g/mol. The van der Waals surface area contributed by atoms with E-state index in [-0.39, 0.29) is 22.7 Å². The molecule has 1 unspecified atom stereocenters. The van der Waals surface area contributed by atoms with Crippen LogP contribution in [0.15, 0.2) is 47.4 Å². The number of para-hydroxylation sites is 1. The number of amides is 1. The molecule has 0 heterocycles. The summed E-state index contributed by atoms with van der Waals surface area (Å²) < 4.78 is 46.2. The van der Waals surface area contributed by atoms with Crippen molar-refractivity contribution in [2.45, 2.75) is 25.7 Å². The molecule has 1 amide bonds. The van der Waals surface area contributed by atoms with Gasteiger partial charge in [0, 0.05) is 18.7 Å². The van der Waals surface area contributed by atoms with E-state index >= 15 is 0 Å². The normalized spacial score (nSPS) is 12.2. The van der Waals surface area contributed by atoms with Crippen LogP contribution in [-0.4, -0.2) is 45.4 Å². The van der Waals surface area contributed by atoms with E-state index in [9.17, 15) is 22.4 Å². The van der Waals surface area contributed by atoms with Crippen LogP contribution >= 0.6 is 0 Å². The van der Waals surface area contributed by atoms with Crippen LogP contribution in [0.2, 0.25) is 0 Å². The topological polar surface area (TPSA) is 92.8 Å². The van der Waals surface area contributed by atoms with Crippen molar-refractivity contribution in [3.05, 3.63) is 59.4 Å². The zero-order valence-electron chi connectivity index (χ0n) is 17.3. The summed E-state index contributed by atoms with van der Waals surface area (Å²) in [6.45, 7) is 5.55. The van der Waals surface area contributed by atoms with Gasteiger partial charge in [0.05, 0.1) is 23.6 Å². The second kappa shape index (κ2) is 9.71. The van der Waals surface area contributed by atoms with Gasteiger partial charge in [-0.3, -0.25) is 14.3 Å². The average Bonchev–Trinajstić information content (AvgIpc) is 2.72. The second-order valence-corrected chi connectivity index (χ2v) is 8.51. The number of carbonyl (C=O) groups excluding carboxylic acids is 2. The summed E-state index contributed by atoms with van der Waals surface area (Å²) in [5, 5.41) is 0. The van der Waals surface area contributed by atoms with Crippen LogP contribution in [0.5, 0.6) is 0 Å². The van der Waals surface area contributed by atoms with Crippen LogP contribution in [0.4, 0.5) is 10.1 Å². The monoisotopic (exact) mass is 436 g/mol. The van der Waals surface area contributed by atoms with Crippen molar-refractivity contribution in [2.24, 2.45) is 5.92 Å². The minimum atomic E-state index is -4.12. The molecule has 0 aliphatic carbocycles. The van der Waals surface area contributed by atoms with Gasteiger partial charge in [0.15, 0.2) is 0 Å². The molecule has 2 rings (SSSR count). The minimum Gasteiger partial charge on any atom is -0.469 e. The van der Waals surface area contributed by atoms with Crippen molar-refractivity contribution in [1.82, 2.24) is 4.90 Å². The fraction of sp³-hybridized carbons (Fsp3) is 0.333. The van der Waals surface area contributed by atoms with Crippen LogP contribution in [0.3, 0.4) is 0 Å². The van der Waals surface area contributed by atoms with Crippen LogP contribution < -0.4 is 4.72 Å². The summed E-state index contributed by atoms with van der Waals surface area (Å²) in [5.74, 6) is -2.09. The molecule has 0 fully saturated rings. The third-order valence-corrected chi connectivity index (χ3v) is 6.00. The molecule has 9 heteroatoms. The zero-order chi connectivity index (χ0) is 22.5. The molecule has 0 saturated carbocycles. The Labute approximate surface area is 175 Å². The van der Waals surface area contributed by atoms with Crippen LogP contribution in [0, 0.1) is 18.7 Å². The highest BCUT2D eigenvalue weighted by atomic mass is 32.2. The number of esters is 1. The van der Waals surface area contributed by atoms with Gasteiger partial charge in [-0.2, -0.15) is 0 Å². The molecule has 30 heavy (non-hydrogen) atoms. The molecule has 0 radical (unpaired) electrons. The van der Waals surface area contributed by atoms with E-state index in [0.29, 0.717) is 12.1 Å². The van der Waals surface area contributed by atoms with E-state index in [1.165, 1.54) is 48.4 Å². The van der Waals surface area contributed by atoms with E-state index in [2.05, 4.69) is 4.72 Å². The molecule has 0 aliphatic rings. The molecular formula is C21H25FN2O5S. The smallest absolute Gasteiger partial charge is 0.310 e. The Bertz CT molecular complexity index is 1040. The standard InChI is InChI=1S/C21H25FN2O5S/c1-5-24(13-15(3)21(26)29-4)20(25)17-12-16(11-10-14(17)2)30(27,28)23-19-9-7-6-8-18(19)22/h6-12,15,23H,5,13H2,1-4H3. The lowest BCUT2D eigenvalue weighted by atomic mass is 10.1. The van der Waals surface area contributed by atoms with Crippen molar-refractivity contribution >= 4 is 27.6 Å². The van der Waals surface area contributed by atoms with Gasteiger partial charge in [0.2, 0.25) is 0 Å². The van der Waals surface area contributed by atoms with Crippen molar-refractivity contribution in [1.29, 1.82) is 0 Å². The van der Waals surface area contributed by atoms with Crippen molar-refractivity contribution in [3.63, 3.8) is 0 Å².